The molecule has 0 amide bonds. The molecule has 0 rings (SSSR count). The van der Waals surface area contributed by atoms with E-state index < -0.39 is 5.97 Å². The third-order valence-electron chi connectivity index (χ3n) is 1.79. The van der Waals surface area contributed by atoms with Crippen LogP contribution in [0.1, 0.15) is 13.8 Å². The number of aliphatic carboxylic acids is 1. The maximum absolute atomic E-state index is 10.6. The van der Waals surface area contributed by atoms with Gasteiger partial charge in [-0.05, 0) is 14.1 Å². The van der Waals surface area contributed by atoms with Crippen LogP contribution in [0.5, 0.6) is 0 Å². The summed E-state index contributed by atoms with van der Waals surface area (Å²) in [5, 5.41) is 8.71. The average Bonchev–Trinajstić information content (AvgIpc) is 1.82. The lowest BCUT2D eigenvalue weighted by Crippen LogP contribution is -2.32. The molecule has 0 saturated carbocycles. The molecule has 3 nitrogen and oxygen atoms in total. The Balaban J connectivity index is 4.39. The van der Waals surface area contributed by atoms with Crippen molar-refractivity contribution in [1.29, 1.82) is 0 Å². The fraction of sp³-hybridized carbons (Fsp3) is 0.667. The molecular weight excluding hydrogens is 154 g/mol. The predicted molar refractivity (Wildman–Crippen MR) is 49.1 cm³/mol. The Labute approximate surface area is 73.7 Å². The van der Waals surface area contributed by atoms with Crippen molar-refractivity contribution in [2.24, 2.45) is 5.41 Å². The molecule has 70 valence electrons. The van der Waals surface area contributed by atoms with Crippen molar-refractivity contribution in [3.8, 4) is 0 Å². The molecule has 12 heavy (non-hydrogen) atoms. The summed E-state index contributed by atoms with van der Waals surface area (Å²) < 4.78 is 0. The van der Waals surface area contributed by atoms with Crippen LogP contribution in [0.25, 0.3) is 0 Å². The van der Waals surface area contributed by atoms with Gasteiger partial charge in [0.25, 0.3) is 0 Å². The smallest absolute Gasteiger partial charge is 0.331 e. The molecule has 0 aliphatic carbocycles. The van der Waals surface area contributed by atoms with Gasteiger partial charge in [-0.2, -0.15) is 0 Å². The molecule has 0 atom stereocenters. The summed E-state index contributed by atoms with van der Waals surface area (Å²) in [6.07, 6.45) is 0. The Hall–Kier alpha value is -0.830. The van der Waals surface area contributed by atoms with E-state index in [4.69, 9.17) is 5.11 Å². The van der Waals surface area contributed by atoms with Gasteiger partial charge in [-0.25, -0.2) is 4.79 Å². The van der Waals surface area contributed by atoms with E-state index in [1.54, 1.807) is 0 Å². The van der Waals surface area contributed by atoms with E-state index in [9.17, 15) is 4.79 Å². The molecule has 1 N–H and O–H groups in total. The van der Waals surface area contributed by atoms with Gasteiger partial charge in [0.2, 0.25) is 0 Å². The van der Waals surface area contributed by atoms with Crippen LogP contribution < -0.4 is 0 Å². The summed E-state index contributed by atoms with van der Waals surface area (Å²) in [5.41, 5.74) is -0.105. The van der Waals surface area contributed by atoms with Crippen LogP contribution >= 0.6 is 0 Å². The molecule has 0 unspecified atom stereocenters. The third-order valence-corrected chi connectivity index (χ3v) is 1.79. The van der Waals surface area contributed by atoms with Crippen molar-refractivity contribution < 1.29 is 9.90 Å². The zero-order chi connectivity index (χ0) is 9.94. The first-order valence-electron chi connectivity index (χ1n) is 3.85. The molecule has 0 spiro atoms. The zero-order valence-electron chi connectivity index (χ0n) is 8.22. The zero-order valence-corrected chi connectivity index (χ0v) is 8.22. The lowest BCUT2D eigenvalue weighted by molar-refractivity contribution is -0.133. The SMILES string of the molecule is C=C(C(=O)O)C(C)(C)CN(C)C. The second-order valence-corrected chi connectivity index (χ2v) is 3.91. The highest BCUT2D eigenvalue weighted by Crippen LogP contribution is 2.25. The summed E-state index contributed by atoms with van der Waals surface area (Å²) in [6.45, 7) is 8.00. The molecule has 3 heteroatoms. The fourth-order valence-corrected chi connectivity index (χ4v) is 1.18. The Morgan fingerprint density at radius 1 is 1.50 bits per heavy atom. The van der Waals surface area contributed by atoms with E-state index in [1.807, 2.05) is 32.8 Å². The number of nitrogens with zero attached hydrogens (tertiary/aromatic N) is 1. The first-order valence-corrected chi connectivity index (χ1v) is 3.85. The molecule has 0 saturated heterocycles. The van der Waals surface area contributed by atoms with Crippen molar-refractivity contribution in [1.82, 2.24) is 4.90 Å². The fourth-order valence-electron chi connectivity index (χ4n) is 1.18. The van der Waals surface area contributed by atoms with Crippen molar-refractivity contribution >= 4 is 5.97 Å². The highest BCUT2D eigenvalue weighted by Gasteiger charge is 2.26. The van der Waals surface area contributed by atoms with Gasteiger partial charge >= 0.3 is 5.97 Å². The van der Waals surface area contributed by atoms with Crippen LogP contribution in [0, 0.1) is 5.41 Å². The summed E-state index contributed by atoms with van der Waals surface area (Å²) in [5.74, 6) is -0.915. The number of carboxylic acid groups (broad SMARTS) is 1. The molecule has 0 heterocycles. The number of hydrogen-bond acceptors (Lipinski definition) is 2. The van der Waals surface area contributed by atoms with Gasteiger partial charge < -0.3 is 10.0 Å². The van der Waals surface area contributed by atoms with Gasteiger partial charge in [0.05, 0.1) is 0 Å². The molecule has 0 aliphatic rings. The molecule has 0 radical (unpaired) electrons. The highest BCUT2D eigenvalue weighted by molar-refractivity contribution is 5.87. The van der Waals surface area contributed by atoms with Gasteiger partial charge in [-0.1, -0.05) is 20.4 Å². The monoisotopic (exact) mass is 171 g/mol. The van der Waals surface area contributed by atoms with Crippen LogP contribution in [0.2, 0.25) is 0 Å². The van der Waals surface area contributed by atoms with Crippen LogP contribution in [-0.2, 0) is 4.79 Å². The molecule has 0 aromatic heterocycles. The molecule has 0 aromatic rings. The van der Waals surface area contributed by atoms with Crippen LogP contribution in [0.3, 0.4) is 0 Å². The number of carboxylic acids is 1. The minimum Gasteiger partial charge on any atom is -0.478 e. The van der Waals surface area contributed by atoms with Gasteiger partial charge in [0, 0.05) is 17.5 Å². The molecule has 0 aromatic carbocycles. The second-order valence-electron chi connectivity index (χ2n) is 3.91. The first-order chi connectivity index (χ1) is 5.27. The summed E-state index contributed by atoms with van der Waals surface area (Å²) in [7, 11) is 3.83. The highest BCUT2D eigenvalue weighted by atomic mass is 16.4. The quantitative estimate of drug-likeness (QED) is 0.646. The van der Waals surface area contributed by atoms with Gasteiger partial charge in [-0.3, -0.25) is 0 Å². The second kappa shape index (κ2) is 3.72. The maximum Gasteiger partial charge on any atom is 0.331 e. The van der Waals surface area contributed by atoms with E-state index >= 15 is 0 Å². The minimum atomic E-state index is -0.915. The van der Waals surface area contributed by atoms with Crippen molar-refractivity contribution in [3.05, 3.63) is 12.2 Å². The average molecular weight is 171 g/mol. The normalized spacial score (nSPS) is 11.8. The lowest BCUT2D eigenvalue weighted by atomic mass is 9.85. The van der Waals surface area contributed by atoms with Crippen molar-refractivity contribution in [3.63, 3.8) is 0 Å². The Bertz CT molecular complexity index is 195. The summed E-state index contributed by atoms with van der Waals surface area (Å²) in [6, 6.07) is 0. The standard InChI is InChI=1S/C9H17NO2/c1-7(8(11)12)9(2,3)6-10(4)5/h1,6H2,2-5H3,(H,11,12). The third kappa shape index (κ3) is 3.05. The van der Waals surface area contributed by atoms with Crippen molar-refractivity contribution in [2.75, 3.05) is 20.6 Å². The maximum atomic E-state index is 10.6. The van der Waals surface area contributed by atoms with Crippen LogP contribution in [0.4, 0.5) is 0 Å². The molecule has 0 aliphatic heterocycles. The van der Waals surface area contributed by atoms with Gasteiger partial charge in [-0.15, -0.1) is 0 Å². The van der Waals surface area contributed by atoms with Crippen LogP contribution in [-0.4, -0.2) is 36.6 Å². The number of hydrogen-bond donors (Lipinski definition) is 1. The molecule has 0 bridgehead atoms. The molecular formula is C9H17NO2. The number of rotatable bonds is 4. The van der Waals surface area contributed by atoms with E-state index in [0.717, 1.165) is 0 Å². The van der Waals surface area contributed by atoms with Crippen molar-refractivity contribution in [2.45, 2.75) is 13.8 Å². The Morgan fingerprint density at radius 3 is 2.17 bits per heavy atom. The van der Waals surface area contributed by atoms with Crippen LogP contribution in [0.15, 0.2) is 12.2 Å². The summed E-state index contributed by atoms with van der Waals surface area (Å²) in [4.78, 5) is 12.6. The lowest BCUT2D eigenvalue weighted by Gasteiger charge is -2.28. The van der Waals surface area contributed by atoms with E-state index in [-0.39, 0.29) is 11.0 Å². The summed E-state index contributed by atoms with van der Waals surface area (Å²) >= 11 is 0. The Morgan fingerprint density at radius 2 is 1.92 bits per heavy atom. The Kier molecular flexibility index (Phi) is 3.46. The largest absolute Gasteiger partial charge is 0.478 e. The van der Waals surface area contributed by atoms with E-state index in [0.29, 0.717) is 6.54 Å². The minimum absolute atomic E-state index is 0.260. The first kappa shape index (κ1) is 11.2. The van der Waals surface area contributed by atoms with Gasteiger partial charge in [0.1, 0.15) is 0 Å². The topological polar surface area (TPSA) is 40.5 Å². The molecule has 0 fully saturated rings. The van der Waals surface area contributed by atoms with E-state index in [1.165, 1.54) is 0 Å². The van der Waals surface area contributed by atoms with Gasteiger partial charge in [0.15, 0.2) is 0 Å². The number of carbonyl (C=O) groups is 1. The van der Waals surface area contributed by atoms with E-state index in [2.05, 4.69) is 6.58 Å². The predicted octanol–water partition coefficient (Wildman–Crippen LogP) is 1.22.